The summed E-state index contributed by atoms with van der Waals surface area (Å²) in [5.74, 6) is -0.151. The van der Waals surface area contributed by atoms with E-state index in [0.717, 1.165) is 37.0 Å². The Labute approximate surface area is 111 Å². The molecule has 1 saturated heterocycles. The Hall–Kier alpha value is -2.10. The molecule has 0 aliphatic carbocycles. The molecular formula is C15H16N2O2. The number of pyridine rings is 1. The van der Waals surface area contributed by atoms with Gasteiger partial charge in [0.05, 0.1) is 0 Å². The molecule has 1 aromatic carbocycles. The van der Waals surface area contributed by atoms with Gasteiger partial charge in [0.1, 0.15) is 5.56 Å². The highest BCUT2D eigenvalue weighted by atomic mass is 16.2. The van der Waals surface area contributed by atoms with Crippen molar-refractivity contribution in [3.05, 3.63) is 45.7 Å². The highest BCUT2D eigenvalue weighted by Crippen LogP contribution is 2.14. The number of amides is 1. The van der Waals surface area contributed by atoms with Gasteiger partial charge in [-0.05, 0) is 31.9 Å². The molecule has 1 fully saturated rings. The minimum Gasteiger partial charge on any atom is -0.360 e. The minimum atomic E-state index is -0.172. The molecule has 1 amide bonds. The van der Waals surface area contributed by atoms with Gasteiger partial charge in [0.15, 0.2) is 0 Å². The number of aromatic amines is 1. The molecule has 3 rings (SSSR count). The van der Waals surface area contributed by atoms with Gasteiger partial charge in [0.2, 0.25) is 5.43 Å². The zero-order chi connectivity index (χ0) is 13.4. The Morgan fingerprint density at radius 3 is 2.74 bits per heavy atom. The highest BCUT2D eigenvalue weighted by molar-refractivity contribution is 5.97. The van der Waals surface area contributed by atoms with E-state index in [1.165, 1.54) is 0 Å². The monoisotopic (exact) mass is 256 g/mol. The minimum absolute atomic E-state index is 0.151. The van der Waals surface area contributed by atoms with E-state index in [1.807, 2.05) is 25.1 Å². The quantitative estimate of drug-likeness (QED) is 0.849. The lowest BCUT2D eigenvalue weighted by Gasteiger charge is -2.14. The number of aryl methyl sites for hydroxylation is 1. The number of hydrogen-bond donors (Lipinski definition) is 1. The van der Waals surface area contributed by atoms with E-state index in [4.69, 9.17) is 0 Å². The summed E-state index contributed by atoms with van der Waals surface area (Å²) in [6, 6.07) is 5.64. The Morgan fingerprint density at radius 1 is 1.26 bits per heavy atom. The lowest BCUT2D eigenvalue weighted by atomic mass is 10.1. The number of aromatic nitrogens is 1. The van der Waals surface area contributed by atoms with Crippen LogP contribution >= 0.6 is 0 Å². The smallest absolute Gasteiger partial charge is 0.259 e. The molecule has 0 atom stereocenters. The second kappa shape index (κ2) is 4.53. The number of carbonyl (C=O) groups is 1. The number of carbonyl (C=O) groups excluding carboxylic acids is 1. The van der Waals surface area contributed by atoms with Crippen LogP contribution in [-0.2, 0) is 0 Å². The first kappa shape index (κ1) is 12.0. The van der Waals surface area contributed by atoms with E-state index < -0.39 is 0 Å². The lowest BCUT2D eigenvalue weighted by molar-refractivity contribution is 0.0791. The highest BCUT2D eigenvalue weighted by Gasteiger charge is 2.22. The topological polar surface area (TPSA) is 53.2 Å². The van der Waals surface area contributed by atoms with Crippen LogP contribution in [0.3, 0.4) is 0 Å². The van der Waals surface area contributed by atoms with Crippen molar-refractivity contribution >= 4 is 16.8 Å². The standard InChI is InChI=1S/C15H16N2O2/c1-10-4-5-13-11(8-10)14(18)12(9-16-13)15(19)17-6-2-3-7-17/h4-5,8-9H,2-3,6-7H2,1H3,(H,16,18). The van der Waals surface area contributed by atoms with Gasteiger partial charge >= 0.3 is 0 Å². The van der Waals surface area contributed by atoms with Crippen LogP contribution in [0, 0.1) is 6.92 Å². The average Bonchev–Trinajstić information content (AvgIpc) is 2.93. The molecule has 2 heterocycles. The summed E-state index contributed by atoms with van der Waals surface area (Å²) >= 11 is 0. The number of nitrogens with zero attached hydrogens (tertiary/aromatic N) is 1. The second-order valence-corrected chi connectivity index (χ2v) is 5.08. The van der Waals surface area contributed by atoms with Gasteiger partial charge in [-0.25, -0.2) is 0 Å². The summed E-state index contributed by atoms with van der Waals surface area (Å²) in [6.45, 7) is 3.45. The van der Waals surface area contributed by atoms with E-state index in [2.05, 4.69) is 4.98 Å². The number of rotatable bonds is 1. The van der Waals surface area contributed by atoms with Crippen molar-refractivity contribution in [3.8, 4) is 0 Å². The van der Waals surface area contributed by atoms with Crippen LogP contribution in [0.2, 0.25) is 0 Å². The predicted octanol–water partition coefficient (Wildman–Crippen LogP) is 2.07. The van der Waals surface area contributed by atoms with Crippen LogP contribution in [0.4, 0.5) is 0 Å². The maximum atomic E-state index is 12.4. The predicted molar refractivity (Wildman–Crippen MR) is 74.4 cm³/mol. The second-order valence-electron chi connectivity index (χ2n) is 5.08. The zero-order valence-corrected chi connectivity index (χ0v) is 10.9. The third kappa shape index (κ3) is 2.03. The Kier molecular flexibility index (Phi) is 2.85. The van der Waals surface area contributed by atoms with Crippen molar-refractivity contribution in [3.63, 3.8) is 0 Å². The normalized spacial score (nSPS) is 15.1. The van der Waals surface area contributed by atoms with Gasteiger partial charge in [-0.15, -0.1) is 0 Å². The van der Waals surface area contributed by atoms with Gasteiger partial charge in [-0.3, -0.25) is 9.59 Å². The molecule has 0 spiro atoms. The number of H-pyrrole nitrogens is 1. The van der Waals surface area contributed by atoms with Gasteiger partial charge in [-0.2, -0.15) is 0 Å². The number of nitrogens with one attached hydrogen (secondary N) is 1. The summed E-state index contributed by atoms with van der Waals surface area (Å²) in [4.78, 5) is 29.5. The van der Waals surface area contributed by atoms with Crippen LogP contribution in [0.25, 0.3) is 10.9 Å². The fourth-order valence-electron chi connectivity index (χ4n) is 2.58. The van der Waals surface area contributed by atoms with E-state index in [0.29, 0.717) is 5.39 Å². The van der Waals surface area contributed by atoms with Crippen molar-refractivity contribution in [1.29, 1.82) is 0 Å². The molecule has 0 saturated carbocycles. The molecule has 19 heavy (non-hydrogen) atoms. The van der Waals surface area contributed by atoms with Gasteiger partial charge in [-0.1, -0.05) is 11.6 Å². The SMILES string of the molecule is Cc1ccc2[nH]cc(C(=O)N3CCCC3)c(=O)c2c1. The molecule has 98 valence electrons. The largest absolute Gasteiger partial charge is 0.360 e. The first-order valence-corrected chi connectivity index (χ1v) is 6.58. The van der Waals surface area contributed by atoms with Crippen LogP contribution in [0.15, 0.2) is 29.2 Å². The van der Waals surface area contributed by atoms with Crippen LogP contribution in [0.1, 0.15) is 28.8 Å². The molecule has 1 aromatic heterocycles. The van der Waals surface area contributed by atoms with Crippen LogP contribution < -0.4 is 5.43 Å². The maximum absolute atomic E-state index is 12.4. The Balaban J connectivity index is 2.11. The molecule has 1 aliphatic heterocycles. The molecule has 2 aromatic rings. The van der Waals surface area contributed by atoms with Gasteiger partial charge in [0, 0.05) is 30.2 Å². The van der Waals surface area contributed by atoms with Crippen LogP contribution in [0.5, 0.6) is 0 Å². The van der Waals surface area contributed by atoms with Crippen molar-refractivity contribution in [2.45, 2.75) is 19.8 Å². The molecule has 4 nitrogen and oxygen atoms in total. The maximum Gasteiger partial charge on any atom is 0.259 e. The van der Waals surface area contributed by atoms with E-state index >= 15 is 0 Å². The third-order valence-corrected chi connectivity index (χ3v) is 3.66. The summed E-state index contributed by atoms with van der Waals surface area (Å²) < 4.78 is 0. The van der Waals surface area contributed by atoms with Crippen LogP contribution in [-0.4, -0.2) is 28.9 Å². The fourth-order valence-corrected chi connectivity index (χ4v) is 2.58. The van der Waals surface area contributed by atoms with Gasteiger partial charge < -0.3 is 9.88 Å². The number of fused-ring (bicyclic) bond motifs is 1. The molecule has 1 aliphatic rings. The molecule has 4 heteroatoms. The van der Waals surface area contributed by atoms with Crippen molar-refractivity contribution in [1.82, 2.24) is 9.88 Å². The Morgan fingerprint density at radius 2 is 2.00 bits per heavy atom. The number of hydrogen-bond acceptors (Lipinski definition) is 2. The van der Waals surface area contributed by atoms with Crippen molar-refractivity contribution in [2.24, 2.45) is 0 Å². The number of likely N-dealkylation sites (tertiary alicyclic amines) is 1. The van der Waals surface area contributed by atoms with E-state index in [9.17, 15) is 9.59 Å². The van der Waals surface area contributed by atoms with Crippen molar-refractivity contribution in [2.75, 3.05) is 13.1 Å². The number of benzene rings is 1. The summed E-state index contributed by atoms with van der Waals surface area (Å²) in [6.07, 6.45) is 3.59. The van der Waals surface area contributed by atoms with Crippen molar-refractivity contribution < 1.29 is 4.79 Å². The van der Waals surface area contributed by atoms with Gasteiger partial charge in [0.25, 0.3) is 5.91 Å². The first-order chi connectivity index (χ1) is 9.16. The van der Waals surface area contributed by atoms with E-state index in [-0.39, 0.29) is 16.9 Å². The zero-order valence-electron chi connectivity index (χ0n) is 10.9. The Bertz CT molecular complexity index is 697. The average molecular weight is 256 g/mol. The fraction of sp³-hybridized carbons (Fsp3) is 0.333. The third-order valence-electron chi connectivity index (χ3n) is 3.66. The molecule has 0 unspecified atom stereocenters. The molecular weight excluding hydrogens is 240 g/mol. The first-order valence-electron chi connectivity index (χ1n) is 6.58. The summed E-state index contributed by atoms with van der Waals surface area (Å²) in [5.41, 5.74) is 1.87. The molecule has 0 bridgehead atoms. The molecule has 0 radical (unpaired) electrons. The van der Waals surface area contributed by atoms with E-state index in [1.54, 1.807) is 11.1 Å². The molecule has 1 N–H and O–H groups in total. The summed E-state index contributed by atoms with van der Waals surface area (Å²) in [7, 11) is 0. The summed E-state index contributed by atoms with van der Waals surface area (Å²) in [5, 5.41) is 0.588. The lowest BCUT2D eigenvalue weighted by Crippen LogP contribution is -2.31.